The maximum absolute atomic E-state index is 5.78. The summed E-state index contributed by atoms with van der Waals surface area (Å²) in [5.74, 6) is 0.755. The monoisotopic (exact) mass is 316 g/mol. The number of rotatable bonds is 5. The number of para-hydroxylation sites is 1. The summed E-state index contributed by atoms with van der Waals surface area (Å²) in [4.78, 5) is 4.53. The lowest BCUT2D eigenvalue weighted by Crippen LogP contribution is -2.47. The number of morpholine rings is 1. The van der Waals surface area contributed by atoms with E-state index in [9.17, 15) is 0 Å². The lowest BCUT2D eigenvalue weighted by atomic mass is 10.2. The maximum atomic E-state index is 5.78. The Labute approximate surface area is 136 Å². The van der Waals surface area contributed by atoms with Crippen LogP contribution in [0.1, 0.15) is 13.8 Å². The number of aromatic nitrogens is 4. The molecule has 0 saturated carbocycles. The van der Waals surface area contributed by atoms with Crippen LogP contribution in [0.15, 0.2) is 30.3 Å². The second-order valence-corrected chi connectivity index (χ2v) is 6.16. The third kappa shape index (κ3) is 3.86. The van der Waals surface area contributed by atoms with Crippen LogP contribution in [-0.4, -0.2) is 70.5 Å². The molecule has 1 aromatic carbocycles. The molecule has 0 aliphatic carbocycles. The minimum Gasteiger partial charge on any atom is -0.373 e. The largest absolute Gasteiger partial charge is 0.373 e. The molecular formula is C16H24N6O. The van der Waals surface area contributed by atoms with Gasteiger partial charge in [0, 0.05) is 33.2 Å². The number of anilines is 1. The van der Waals surface area contributed by atoms with Crippen LogP contribution in [0.25, 0.3) is 5.69 Å². The Morgan fingerprint density at radius 2 is 1.87 bits per heavy atom. The van der Waals surface area contributed by atoms with Crippen LogP contribution in [0.5, 0.6) is 0 Å². The first-order valence-electron chi connectivity index (χ1n) is 8.06. The summed E-state index contributed by atoms with van der Waals surface area (Å²) in [6.07, 6.45) is 0.581. The zero-order valence-electron chi connectivity index (χ0n) is 14.0. The van der Waals surface area contributed by atoms with E-state index in [-0.39, 0.29) is 0 Å². The molecule has 1 saturated heterocycles. The number of benzene rings is 1. The number of nitrogens with zero attached hydrogens (tertiary/aromatic N) is 6. The van der Waals surface area contributed by atoms with Crippen molar-refractivity contribution in [3.63, 3.8) is 0 Å². The van der Waals surface area contributed by atoms with E-state index in [2.05, 4.69) is 39.2 Å². The molecule has 0 radical (unpaired) electrons. The number of likely N-dealkylation sites (N-methyl/N-ethyl adjacent to an activating group) is 1. The predicted molar refractivity (Wildman–Crippen MR) is 88.9 cm³/mol. The molecule has 0 spiro atoms. The zero-order chi connectivity index (χ0) is 16.2. The number of tetrazole rings is 1. The first-order chi connectivity index (χ1) is 11.1. The Bertz CT molecular complexity index is 606. The Morgan fingerprint density at radius 3 is 2.57 bits per heavy atom. The van der Waals surface area contributed by atoms with Gasteiger partial charge in [-0.05, 0) is 36.4 Å². The van der Waals surface area contributed by atoms with Gasteiger partial charge in [-0.25, -0.2) is 0 Å². The van der Waals surface area contributed by atoms with Crippen LogP contribution in [0.4, 0.5) is 5.95 Å². The van der Waals surface area contributed by atoms with E-state index >= 15 is 0 Å². The Morgan fingerprint density at radius 1 is 1.17 bits per heavy atom. The highest BCUT2D eigenvalue weighted by molar-refractivity contribution is 5.39. The van der Waals surface area contributed by atoms with Crippen molar-refractivity contribution in [1.29, 1.82) is 0 Å². The first kappa shape index (κ1) is 15.9. The van der Waals surface area contributed by atoms with E-state index in [4.69, 9.17) is 4.74 Å². The van der Waals surface area contributed by atoms with Gasteiger partial charge in [-0.1, -0.05) is 23.3 Å². The van der Waals surface area contributed by atoms with Crippen LogP contribution in [0.3, 0.4) is 0 Å². The average Bonchev–Trinajstić information content (AvgIpc) is 3.02. The number of hydrogen-bond acceptors (Lipinski definition) is 6. The molecule has 2 atom stereocenters. The smallest absolute Gasteiger partial charge is 0.250 e. The molecule has 0 N–H and O–H groups in total. The zero-order valence-corrected chi connectivity index (χ0v) is 14.0. The van der Waals surface area contributed by atoms with Crippen molar-refractivity contribution in [3.05, 3.63) is 30.3 Å². The van der Waals surface area contributed by atoms with Gasteiger partial charge in [0.25, 0.3) is 0 Å². The van der Waals surface area contributed by atoms with E-state index < -0.39 is 0 Å². The Kier molecular flexibility index (Phi) is 4.88. The van der Waals surface area contributed by atoms with Crippen LogP contribution in [0.2, 0.25) is 0 Å². The minimum absolute atomic E-state index is 0.290. The lowest BCUT2D eigenvalue weighted by Gasteiger charge is -2.36. The maximum Gasteiger partial charge on any atom is 0.250 e. The normalized spacial score (nSPS) is 22.2. The molecule has 0 unspecified atom stereocenters. The molecule has 2 aromatic rings. The number of ether oxygens (including phenoxy) is 1. The Balaban J connectivity index is 1.63. The SMILES string of the molecule is C[C@@H]1CN(CCN(C)c2nnnn2-c2ccccc2)C[C@H](C)O1. The molecule has 1 aliphatic heterocycles. The van der Waals surface area contributed by atoms with Gasteiger partial charge in [0.15, 0.2) is 0 Å². The molecule has 1 fully saturated rings. The van der Waals surface area contributed by atoms with E-state index in [1.54, 1.807) is 4.68 Å². The predicted octanol–water partition coefficient (Wildman–Crippen LogP) is 1.21. The fourth-order valence-corrected chi connectivity index (χ4v) is 3.02. The Hall–Kier alpha value is -1.99. The highest BCUT2D eigenvalue weighted by atomic mass is 16.5. The molecule has 0 amide bonds. The van der Waals surface area contributed by atoms with Gasteiger partial charge in [-0.15, -0.1) is 0 Å². The van der Waals surface area contributed by atoms with Gasteiger partial charge in [0.2, 0.25) is 5.95 Å². The topological polar surface area (TPSA) is 59.3 Å². The van der Waals surface area contributed by atoms with Crippen LogP contribution in [0, 0.1) is 0 Å². The molecule has 23 heavy (non-hydrogen) atoms. The summed E-state index contributed by atoms with van der Waals surface area (Å²) in [7, 11) is 2.03. The van der Waals surface area contributed by atoms with Gasteiger partial charge >= 0.3 is 0 Å². The average molecular weight is 316 g/mol. The van der Waals surface area contributed by atoms with Crippen LogP contribution >= 0.6 is 0 Å². The molecule has 2 heterocycles. The van der Waals surface area contributed by atoms with Crippen molar-refractivity contribution in [2.24, 2.45) is 0 Å². The first-order valence-corrected chi connectivity index (χ1v) is 8.06. The molecular weight excluding hydrogens is 292 g/mol. The summed E-state index contributed by atoms with van der Waals surface area (Å²) >= 11 is 0. The van der Waals surface area contributed by atoms with E-state index in [1.807, 2.05) is 37.4 Å². The number of hydrogen-bond donors (Lipinski definition) is 0. The third-order valence-electron chi connectivity index (χ3n) is 4.04. The van der Waals surface area contributed by atoms with Crippen molar-refractivity contribution in [2.45, 2.75) is 26.1 Å². The minimum atomic E-state index is 0.290. The molecule has 1 aliphatic rings. The highest BCUT2D eigenvalue weighted by Crippen LogP contribution is 2.15. The second kappa shape index (κ2) is 7.06. The fraction of sp³-hybridized carbons (Fsp3) is 0.562. The summed E-state index contributed by atoms with van der Waals surface area (Å²) in [5.41, 5.74) is 0.966. The van der Waals surface area contributed by atoms with Crippen molar-refractivity contribution < 1.29 is 4.74 Å². The lowest BCUT2D eigenvalue weighted by molar-refractivity contribution is -0.0670. The molecule has 7 nitrogen and oxygen atoms in total. The van der Waals surface area contributed by atoms with Crippen LogP contribution < -0.4 is 4.90 Å². The summed E-state index contributed by atoms with van der Waals surface area (Å²) < 4.78 is 7.55. The van der Waals surface area contributed by atoms with Crippen molar-refractivity contribution in [1.82, 2.24) is 25.1 Å². The van der Waals surface area contributed by atoms with Gasteiger partial charge in [0.05, 0.1) is 17.9 Å². The summed E-state index contributed by atoms with van der Waals surface area (Å²) in [6.45, 7) is 8.04. The molecule has 3 rings (SSSR count). The molecule has 124 valence electrons. The third-order valence-corrected chi connectivity index (χ3v) is 4.04. The van der Waals surface area contributed by atoms with Crippen LogP contribution in [-0.2, 0) is 4.74 Å². The van der Waals surface area contributed by atoms with E-state index in [1.165, 1.54) is 0 Å². The van der Waals surface area contributed by atoms with Crippen molar-refractivity contribution >= 4 is 5.95 Å². The quantitative estimate of drug-likeness (QED) is 0.826. The molecule has 1 aromatic heterocycles. The highest BCUT2D eigenvalue weighted by Gasteiger charge is 2.22. The van der Waals surface area contributed by atoms with Gasteiger partial charge < -0.3 is 9.64 Å². The summed E-state index contributed by atoms with van der Waals surface area (Å²) in [5, 5.41) is 12.1. The van der Waals surface area contributed by atoms with E-state index in [0.717, 1.165) is 37.8 Å². The second-order valence-electron chi connectivity index (χ2n) is 6.16. The van der Waals surface area contributed by atoms with Gasteiger partial charge in [-0.2, -0.15) is 4.68 Å². The van der Waals surface area contributed by atoms with Gasteiger partial charge in [-0.3, -0.25) is 4.90 Å². The molecule has 0 bridgehead atoms. The summed E-state index contributed by atoms with van der Waals surface area (Å²) in [6, 6.07) is 9.95. The standard InChI is InChI=1S/C16H24N6O/c1-13-11-21(12-14(2)23-13)10-9-20(3)16-17-18-19-22(16)15-7-5-4-6-8-15/h4-8,13-14H,9-12H2,1-3H3/t13-,14+. The fourth-order valence-electron chi connectivity index (χ4n) is 3.02. The van der Waals surface area contributed by atoms with E-state index in [0.29, 0.717) is 12.2 Å². The molecule has 7 heteroatoms. The van der Waals surface area contributed by atoms with Crippen molar-refractivity contribution in [2.75, 3.05) is 38.1 Å². The van der Waals surface area contributed by atoms with Gasteiger partial charge in [0.1, 0.15) is 0 Å². The van der Waals surface area contributed by atoms with Crippen molar-refractivity contribution in [3.8, 4) is 5.69 Å².